The smallest absolute Gasteiger partial charge is 0.303 e. The molecule has 1 amide bonds. The molecule has 1 aromatic carbocycles. The average Bonchev–Trinajstić information content (AvgIpc) is 2.67. The number of likely N-dealkylation sites (tertiary alicyclic amines) is 1. The van der Waals surface area contributed by atoms with Crippen molar-refractivity contribution in [3.63, 3.8) is 0 Å². The van der Waals surface area contributed by atoms with Crippen LogP contribution in [0.25, 0.3) is 0 Å². The minimum Gasteiger partial charge on any atom is -0.481 e. The summed E-state index contributed by atoms with van der Waals surface area (Å²) >= 11 is 6.04. The van der Waals surface area contributed by atoms with E-state index in [-0.39, 0.29) is 18.2 Å². The van der Waals surface area contributed by atoms with Gasteiger partial charge in [0, 0.05) is 37.7 Å². The maximum Gasteiger partial charge on any atom is 0.303 e. The van der Waals surface area contributed by atoms with Crippen LogP contribution in [0.3, 0.4) is 0 Å². The molecular weight excluding hydrogens is 354 g/mol. The Morgan fingerprint density at radius 2 is 1.92 bits per heavy atom. The van der Waals surface area contributed by atoms with Gasteiger partial charge in [0.2, 0.25) is 5.91 Å². The first kappa shape index (κ1) is 19.2. The fourth-order valence-electron chi connectivity index (χ4n) is 4.23. The number of nitrogens with zero attached hydrogens (tertiary/aromatic N) is 1. The molecule has 0 unspecified atom stereocenters. The highest BCUT2D eigenvalue weighted by atomic mass is 35.5. The molecule has 2 saturated heterocycles. The van der Waals surface area contributed by atoms with Gasteiger partial charge in [-0.05, 0) is 55.7 Å². The van der Waals surface area contributed by atoms with Crippen LogP contribution in [0.15, 0.2) is 24.3 Å². The van der Waals surface area contributed by atoms with Gasteiger partial charge in [-0.25, -0.2) is 0 Å². The molecular formula is C20H26ClNO4. The van der Waals surface area contributed by atoms with Crippen LogP contribution in [0.1, 0.15) is 44.1 Å². The Balaban J connectivity index is 1.79. The second kappa shape index (κ2) is 8.40. The first-order valence-corrected chi connectivity index (χ1v) is 9.74. The number of carboxylic acid groups (broad SMARTS) is 1. The molecule has 0 spiro atoms. The van der Waals surface area contributed by atoms with Crippen molar-refractivity contribution in [3.05, 3.63) is 34.9 Å². The van der Waals surface area contributed by atoms with E-state index in [1.165, 1.54) is 0 Å². The van der Waals surface area contributed by atoms with E-state index in [1.807, 2.05) is 29.2 Å². The van der Waals surface area contributed by atoms with Crippen molar-refractivity contribution in [2.24, 2.45) is 5.92 Å². The maximum absolute atomic E-state index is 13.6. The highest BCUT2D eigenvalue weighted by molar-refractivity contribution is 6.30. The first-order valence-electron chi connectivity index (χ1n) is 9.36. The van der Waals surface area contributed by atoms with Crippen LogP contribution >= 0.6 is 11.6 Å². The fourth-order valence-corrected chi connectivity index (χ4v) is 4.36. The molecule has 0 aromatic heterocycles. The number of benzene rings is 1. The predicted molar refractivity (Wildman–Crippen MR) is 99.4 cm³/mol. The summed E-state index contributed by atoms with van der Waals surface area (Å²) in [6, 6.07) is 7.59. The second-order valence-corrected chi connectivity index (χ2v) is 7.83. The molecule has 0 radical (unpaired) electrons. The number of hydrogen-bond acceptors (Lipinski definition) is 3. The van der Waals surface area contributed by atoms with Crippen LogP contribution in [0.5, 0.6) is 0 Å². The average molecular weight is 380 g/mol. The van der Waals surface area contributed by atoms with Gasteiger partial charge in [0.05, 0.1) is 5.41 Å². The van der Waals surface area contributed by atoms with Gasteiger partial charge in [-0.15, -0.1) is 0 Å². The SMILES string of the molecule is O=C(O)CC[C@H]1CCCN(C(=O)C2(c3ccc(Cl)cc3)CCOCC2)C1. The zero-order valence-corrected chi connectivity index (χ0v) is 15.7. The molecule has 1 aromatic rings. The van der Waals surface area contributed by atoms with E-state index in [2.05, 4.69) is 0 Å². The molecule has 2 fully saturated rings. The Labute approximate surface area is 159 Å². The van der Waals surface area contributed by atoms with Crippen molar-refractivity contribution in [3.8, 4) is 0 Å². The lowest BCUT2D eigenvalue weighted by Gasteiger charge is -2.43. The third-order valence-electron chi connectivity index (χ3n) is 5.73. The van der Waals surface area contributed by atoms with Crippen LogP contribution in [-0.2, 0) is 19.7 Å². The van der Waals surface area contributed by atoms with Gasteiger partial charge in [-0.1, -0.05) is 23.7 Å². The topological polar surface area (TPSA) is 66.8 Å². The monoisotopic (exact) mass is 379 g/mol. The number of ether oxygens (including phenoxy) is 1. The number of carbonyl (C=O) groups is 2. The molecule has 0 saturated carbocycles. The van der Waals surface area contributed by atoms with E-state index in [0.717, 1.165) is 24.9 Å². The highest BCUT2D eigenvalue weighted by Crippen LogP contribution is 2.38. The van der Waals surface area contributed by atoms with Crippen molar-refractivity contribution in [1.29, 1.82) is 0 Å². The van der Waals surface area contributed by atoms with Gasteiger partial charge in [-0.3, -0.25) is 9.59 Å². The summed E-state index contributed by atoms with van der Waals surface area (Å²) in [4.78, 5) is 26.4. The third-order valence-corrected chi connectivity index (χ3v) is 5.98. The van der Waals surface area contributed by atoms with E-state index in [1.54, 1.807) is 0 Å². The number of rotatable bonds is 5. The number of amides is 1. The van der Waals surface area contributed by atoms with E-state index in [4.69, 9.17) is 21.4 Å². The Kier molecular flexibility index (Phi) is 6.20. The van der Waals surface area contributed by atoms with Gasteiger partial charge >= 0.3 is 5.97 Å². The van der Waals surface area contributed by atoms with E-state index >= 15 is 0 Å². The minimum absolute atomic E-state index is 0.156. The molecule has 2 aliphatic heterocycles. The normalized spacial score (nSPS) is 22.8. The minimum atomic E-state index is -0.768. The number of halogens is 1. The quantitative estimate of drug-likeness (QED) is 0.850. The Hall–Kier alpha value is -1.59. The molecule has 26 heavy (non-hydrogen) atoms. The molecule has 1 atom stereocenters. The van der Waals surface area contributed by atoms with Crippen molar-refractivity contribution in [2.75, 3.05) is 26.3 Å². The van der Waals surface area contributed by atoms with Gasteiger partial charge in [0.1, 0.15) is 0 Å². The van der Waals surface area contributed by atoms with Crippen LogP contribution in [-0.4, -0.2) is 48.2 Å². The van der Waals surface area contributed by atoms with Gasteiger partial charge < -0.3 is 14.7 Å². The summed E-state index contributed by atoms with van der Waals surface area (Å²) in [6.45, 7) is 2.55. The first-order chi connectivity index (χ1) is 12.5. The molecule has 5 nitrogen and oxygen atoms in total. The lowest BCUT2D eigenvalue weighted by Crippen LogP contribution is -2.52. The second-order valence-electron chi connectivity index (χ2n) is 7.39. The van der Waals surface area contributed by atoms with Crippen LogP contribution in [0.4, 0.5) is 0 Å². The van der Waals surface area contributed by atoms with Crippen molar-refractivity contribution < 1.29 is 19.4 Å². The van der Waals surface area contributed by atoms with Crippen molar-refractivity contribution >= 4 is 23.5 Å². The van der Waals surface area contributed by atoms with Crippen molar-refractivity contribution in [2.45, 2.75) is 43.9 Å². The standard InChI is InChI=1S/C20H26ClNO4/c21-17-6-4-16(5-7-17)20(9-12-26-13-10-20)19(25)22-11-1-2-15(14-22)3-8-18(23)24/h4-7,15H,1-3,8-14H2,(H,23,24)/t15-/m1/s1. The molecule has 2 heterocycles. The summed E-state index contributed by atoms with van der Waals surface area (Å²) in [7, 11) is 0. The zero-order valence-electron chi connectivity index (χ0n) is 15.0. The summed E-state index contributed by atoms with van der Waals surface area (Å²) in [5.74, 6) is -0.343. The third kappa shape index (κ3) is 4.21. The fraction of sp³-hybridized carbons (Fsp3) is 0.600. The molecule has 142 valence electrons. The van der Waals surface area contributed by atoms with Crippen LogP contribution in [0, 0.1) is 5.92 Å². The van der Waals surface area contributed by atoms with E-state index < -0.39 is 11.4 Å². The number of aliphatic carboxylic acids is 1. The Bertz CT molecular complexity index is 640. The van der Waals surface area contributed by atoms with E-state index in [0.29, 0.717) is 44.0 Å². The van der Waals surface area contributed by atoms with E-state index in [9.17, 15) is 9.59 Å². The van der Waals surface area contributed by atoms with Crippen molar-refractivity contribution in [1.82, 2.24) is 4.90 Å². The zero-order chi connectivity index (χ0) is 18.6. The summed E-state index contributed by atoms with van der Waals surface area (Å²) in [5, 5.41) is 9.59. The molecule has 3 rings (SSSR count). The van der Waals surface area contributed by atoms with Gasteiger partial charge in [0.15, 0.2) is 0 Å². The van der Waals surface area contributed by atoms with Crippen LogP contribution < -0.4 is 0 Å². The molecule has 0 aliphatic carbocycles. The molecule has 2 aliphatic rings. The highest BCUT2D eigenvalue weighted by Gasteiger charge is 2.44. The number of carbonyl (C=O) groups excluding carboxylic acids is 1. The molecule has 1 N–H and O–H groups in total. The molecule has 6 heteroatoms. The Morgan fingerprint density at radius 1 is 1.23 bits per heavy atom. The largest absolute Gasteiger partial charge is 0.481 e. The molecule has 0 bridgehead atoms. The van der Waals surface area contributed by atoms with Gasteiger partial charge in [-0.2, -0.15) is 0 Å². The number of piperidine rings is 1. The lowest BCUT2D eigenvalue weighted by atomic mass is 9.72. The van der Waals surface area contributed by atoms with Gasteiger partial charge in [0.25, 0.3) is 0 Å². The predicted octanol–water partition coefficient (Wildman–Crippen LogP) is 3.49. The Morgan fingerprint density at radius 3 is 2.58 bits per heavy atom. The van der Waals surface area contributed by atoms with Crippen LogP contribution in [0.2, 0.25) is 5.02 Å². The summed E-state index contributed by atoms with van der Waals surface area (Å²) < 4.78 is 5.53. The number of carboxylic acids is 1. The lowest BCUT2D eigenvalue weighted by molar-refractivity contribution is -0.143. The number of hydrogen-bond donors (Lipinski definition) is 1. The maximum atomic E-state index is 13.6. The summed E-state index contributed by atoms with van der Waals surface area (Å²) in [6.07, 6.45) is 4.07. The summed E-state index contributed by atoms with van der Waals surface area (Å²) in [5.41, 5.74) is 0.445.